The minimum absolute atomic E-state index is 0.320. The highest BCUT2D eigenvalue weighted by Crippen LogP contribution is 2.56. The topological polar surface area (TPSA) is 29.0 Å². The number of aromatic nitrogens is 2. The first kappa shape index (κ1) is 25.8. The van der Waals surface area contributed by atoms with E-state index in [-0.39, 0.29) is 5.41 Å². The molecule has 0 aliphatic carbocycles. The van der Waals surface area contributed by atoms with Crippen molar-refractivity contribution in [2.45, 2.75) is 25.4 Å². The molecule has 4 aromatic carbocycles. The lowest BCUT2D eigenvalue weighted by molar-refractivity contribution is 0.402. The maximum atomic E-state index is 16.4. The molecule has 0 saturated heterocycles. The number of fused-ring (bicyclic) bond motifs is 6. The Kier molecular flexibility index (Phi) is 5.92. The third kappa shape index (κ3) is 4.07. The molecule has 0 N–H and O–H groups in total. The molecule has 0 bridgehead atoms. The molecule has 1 atom stereocenters. The Hall–Kier alpha value is -4.87. The number of hydrogen-bond donors (Lipinski definition) is 0. The normalized spacial score (nSPS) is 14.4. The molecule has 1 aliphatic heterocycles. The molecule has 7 aromatic rings. The zero-order chi connectivity index (χ0) is 29.1. The van der Waals surface area contributed by atoms with Crippen LogP contribution in [-0.4, -0.2) is 9.97 Å². The Bertz CT molecular complexity index is 2140. The van der Waals surface area contributed by atoms with Crippen molar-refractivity contribution in [3.05, 3.63) is 150 Å². The van der Waals surface area contributed by atoms with Crippen molar-refractivity contribution in [2.75, 3.05) is 4.90 Å². The van der Waals surface area contributed by atoms with Gasteiger partial charge in [-0.2, -0.15) is 0 Å². The molecule has 3 nitrogen and oxygen atoms in total. The van der Waals surface area contributed by atoms with Gasteiger partial charge in [0.05, 0.1) is 17.1 Å². The predicted molar refractivity (Wildman–Crippen MR) is 177 cm³/mol. The summed E-state index contributed by atoms with van der Waals surface area (Å²) in [5.41, 5.74) is 7.09. The van der Waals surface area contributed by atoms with Gasteiger partial charge in [-0.1, -0.05) is 80.6 Å². The van der Waals surface area contributed by atoms with Crippen molar-refractivity contribution in [3.63, 3.8) is 0 Å². The summed E-state index contributed by atoms with van der Waals surface area (Å²) in [6.07, 6.45) is 2.28. The second-order valence-electron chi connectivity index (χ2n) is 11.6. The Morgan fingerprint density at radius 3 is 2.30 bits per heavy atom. The van der Waals surface area contributed by atoms with Gasteiger partial charge in [-0.25, -0.2) is 9.37 Å². The van der Waals surface area contributed by atoms with Crippen molar-refractivity contribution < 1.29 is 4.39 Å². The third-order valence-corrected chi connectivity index (χ3v) is 9.84. The van der Waals surface area contributed by atoms with E-state index in [9.17, 15) is 0 Å². The lowest BCUT2D eigenvalue weighted by atomic mass is 9.72. The summed E-state index contributed by atoms with van der Waals surface area (Å²) in [4.78, 5) is 11.4. The second kappa shape index (κ2) is 9.85. The minimum atomic E-state index is -1.30. The number of pyridine rings is 2. The number of halogens is 1. The van der Waals surface area contributed by atoms with Gasteiger partial charge >= 0.3 is 0 Å². The summed E-state index contributed by atoms with van der Waals surface area (Å²) >= 11 is 1.84. The lowest BCUT2D eigenvalue weighted by Gasteiger charge is -2.42. The molecular weight excluding hydrogens is 550 g/mol. The standard InChI is InChI=1S/C38H28FN3S/c1-38(2)29-18-16-26(36(39)25-11-9-10-24(22-25)30-13-5-7-20-40-30)23-32(29)42(34-15-6-8-21-41-34)31-19-17-28-27-12-3-4-14-33(27)43-37(28)35(31)38/h3-23,36H,1-2H3. The summed E-state index contributed by atoms with van der Waals surface area (Å²) < 4.78 is 19.0. The van der Waals surface area contributed by atoms with Crippen molar-refractivity contribution in [3.8, 4) is 11.3 Å². The highest BCUT2D eigenvalue weighted by Gasteiger charge is 2.39. The van der Waals surface area contributed by atoms with Crippen LogP contribution in [0, 0.1) is 0 Å². The van der Waals surface area contributed by atoms with Crippen molar-refractivity contribution in [1.29, 1.82) is 0 Å². The molecule has 3 aromatic heterocycles. The van der Waals surface area contributed by atoms with Crippen LogP contribution in [0.3, 0.4) is 0 Å². The van der Waals surface area contributed by atoms with Gasteiger partial charge in [0.1, 0.15) is 5.82 Å². The van der Waals surface area contributed by atoms with Crippen LogP contribution in [-0.2, 0) is 5.41 Å². The van der Waals surface area contributed by atoms with Crippen molar-refractivity contribution in [1.82, 2.24) is 9.97 Å². The molecule has 1 unspecified atom stereocenters. The fourth-order valence-electron chi connectivity index (χ4n) is 6.57. The quantitative estimate of drug-likeness (QED) is 0.208. The Balaban J connectivity index is 1.31. The molecule has 4 heterocycles. The average Bonchev–Trinajstić information content (AvgIpc) is 3.43. The highest BCUT2D eigenvalue weighted by atomic mass is 32.1. The average molecular weight is 578 g/mol. The minimum Gasteiger partial charge on any atom is -0.294 e. The zero-order valence-electron chi connectivity index (χ0n) is 23.8. The van der Waals surface area contributed by atoms with E-state index >= 15 is 4.39 Å². The molecule has 8 rings (SSSR count). The van der Waals surface area contributed by atoms with Gasteiger partial charge in [-0.05, 0) is 65.2 Å². The Morgan fingerprint density at radius 1 is 0.698 bits per heavy atom. The summed E-state index contributed by atoms with van der Waals surface area (Å²) in [5, 5.41) is 2.55. The van der Waals surface area contributed by atoms with Gasteiger partial charge in [-0.3, -0.25) is 9.88 Å². The summed E-state index contributed by atoms with van der Waals surface area (Å²) in [6, 6.07) is 38.5. The van der Waals surface area contributed by atoms with Crippen LogP contribution in [0.25, 0.3) is 31.4 Å². The Labute approximate surface area is 253 Å². The van der Waals surface area contributed by atoms with Crippen LogP contribution in [0.1, 0.15) is 42.3 Å². The number of nitrogens with zero attached hydrogens (tertiary/aromatic N) is 3. The highest BCUT2D eigenvalue weighted by molar-refractivity contribution is 7.26. The second-order valence-corrected chi connectivity index (χ2v) is 12.6. The molecule has 43 heavy (non-hydrogen) atoms. The maximum Gasteiger partial charge on any atom is 0.150 e. The van der Waals surface area contributed by atoms with Crippen LogP contribution in [0.5, 0.6) is 0 Å². The van der Waals surface area contributed by atoms with E-state index in [1.165, 1.54) is 25.7 Å². The van der Waals surface area contributed by atoms with Crippen molar-refractivity contribution in [2.24, 2.45) is 0 Å². The molecule has 1 aliphatic rings. The summed E-state index contributed by atoms with van der Waals surface area (Å²) in [6.45, 7) is 4.57. The molecule has 0 saturated carbocycles. The summed E-state index contributed by atoms with van der Waals surface area (Å²) in [5.74, 6) is 0.811. The number of anilines is 3. The smallest absolute Gasteiger partial charge is 0.150 e. The largest absolute Gasteiger partial charge is 0.294 e. The molecule has 0 radical (unpaired) electrons. The summed E-state index contributed by atoms with van der Waals surface area (Å²) in [7, 11) is 0. The molecule has 0 amide bonds. The van der Waals surface area contributed by atoms with Gasteiger partial charge in [0.2, 0.25) is 0 Å². The number of benzene rings is 4. The number of thiophene rings is 1. The van der Waals surface area contributed by atoms with Gasteiger partial charge < -0.3 is 0 Å². The first-order chi connectivity index (χ1) is 21.0. The van der Waals surface area contributed by atoms with Gasteiger partial charge in [0, 0.05) is 49.1 Å². The van der Waals surface area contributed by atoms with E-state index < -0.39 is 6.17 Å². The van der Waals surface area contributed by atoms with Crippen LogP contribution in [0.2, 0.25) is 0 Å². The van der Waals surface area contributed by atoms with Crippen molar-refractivity contribution >= 4 is 48.7 Å². The lowest BCUT2D eigenvalue weighted by Crippen LogP contribution is -2.31. The van der Waals surface area contributed by atoms with Gasteiger partial charge in [-0.15, -0.1) is 11.3 Å². The number of hydrogen-bond acceptors (Lipinski definition) is 4. The Morgan fingerprint density at radius 2 is 1.49 bits per heavy atom. The first-order valence-corrected chi connectivity index (χ1v) is 15.3. The fraction of sp³-hybridized carbons (Fsp3) is 0.105. The first-order valence-electron chi connectivity index (χ1n) is 14.5. The van der Waals surface area contributed by atoms with E-state index in [0.29, 0.717) is 11.1 Å². The van der Waals surface area contributed by atoms with E-state index in [0.717, 1.165) is 34.0 Å². The molecular formula is C38H28FN3S. The van der Waals surface area contributed by atoms with E-state index in [4.69, 9.17) is 4.98 Å². The predicted octanol–water partition coefficient (Wildman–Crippen LogP) is 10.7. The van der Waals surface area contributed by atoms with Crippen LogP contribution in [0.15, 0.2) is 128 Å². The van der Waals surface area contributed by atoms with E-state index in [2.05, 4.69) is 66.2 Å². The number of alkyl halides is 1. The third-order valence-electron chi connectivity index (χ3n) is 8.64. The molecule has 208 valence electrons. The SMILES string of the molecule is CC1(C)c2ccc(C(F)c3cccc(-c4ccccn4)c3)cc2N(c2ccccn2)c2ccc3c(sc4ccccc43)c21. The van der Waals surface area contributed by atoms with Gasteiger partial charge in [0.15, 0.2) is 6.17 Å². The monoisotopic (exact) mass is 577 g/mol. The molecule has 5 heteroatoms. The van der Waals surface area contributed by atoms with Crippen LogP contribution >= 0.6 is 11.3 Å². The maximum absolute atomic E-state index is 16.4. The van der Waals surface area contributed by atoms with Crippen LogP contribution < -0.4 is 4.90 Å². The molecule has 0 spiro atoms. The van der Waals surface area contributed by atoms with E-state index in [1.54, 1.807) is 6.20 Å². The zero-order valence-corrected chi connectivity index (χ0v) is 24.6. The fourth-order valence-corrected chi connectivity index (χ4v) is 7.97. The van der Waals surface area contributed by atoms with Gasteiger partial charge in [0.25, 0.3) is 0 Å². The number of rotatable bonds is 4. The van der Waals surface area contributed by atoms with Crippen LogP contribution in [0.4, 0.5) is 21.6 Å². The molecule has 0 fully saturated rings. The van der Waals surface area contributed by atoms with E-state index in [1.807, 2.05) is 90.3 Å².